The summed E-state index contributed by atoms with van der Waals surface area (Å²) in [6.07, 6.45) is 1.60. The van der Waals surface area contributed by atoms with E-state index in [1.54, 1.807) is 17.0 Å². The lowest BCUT2D eigenvalue weighted by atomic mass is 10.0. The van der Waals surface area contributed by atoms with Gasteiger partial charge in [-0.3, -0.25) is 4.79 Å². The van der Waals surface area contributed by atoms with Crippen molar-refractivity contribution in [2.75, 3.05) is 19.8 Å². The van der Waals surface area contributed by atoms with Crippen molar-refractivity contribution in [3.63, 3.8) is 0 Å². The average molecular weight is 293 g/mol. The number of amides is 1. The van der Waals surface area contributed by atoms with Crippen LogP contribution in [0.1, 0.15) is 30.1 Å². The molecule has 2 fully saturated rings. The Hall–Kier alpha value is -1.46. The lowest BCUT2D eigenvalue weighted by Gasteiger charge is -2.32. The second-order valence-corrected chi connectivity index (χ2v) is 5.48. The maximum absolute atomic E-state index is 13.9. The zero-order valence-electron chi connectivity index (χ0n) is 12.1. The average Bonchev–Trinajstić information content (AvgIpc) is 2.87. The fourth-order valence-corrected chi connectivity index (χ4v) is 3.29. The Balaban J connectivity index is 1.84. The van der Waals surface area contributed by atoms with Crippen LogP contribution in [0.4, 0.5) is 4.39 Å². The highest BCUT2D eigenvalue weighted by atomic mass is 19.1. The third kappa shape index (κ3) is 2.68. The number of hydrogen-bond acceptors (Lipinski definition) is 3. The van der Waals surface area contributed by atoms with Crippen molar-refractivity contribution >= 4 is 5.91 Å². The molecule has 2 aliphatic heterocycles. The van der Waals surface area contributed by atoms with E-state index in [0.717, 1.165) is 12.8 Å². The maximum Gasteiger partial charge on any atom is 0.257 e. The molecule has 2 heterocycles. The monoisotopic (exact) mass is 293 g/mol. The molecule has 2 aliphatic rings. The molecule has 0 spiro atoms. The number of carbonyl (C=O) groups is 1. The van der Waals surface area contributed by atoms with Crippen LogP contribution in [-0.2, 0) is 9.47 Å². The molecule has 0 aliphatic carbocycles. The van der Waals surface area contributed by atoms with Crippen LogP contribution in [0.2, 0.25) is 0 Å². The molecule has 3 rings (SSSR count). The van der Waals surface area contributed by atoms with Gasteiger partial charge in [-0.2, -0.15) is 0 Å². The predicted molar refractivity (Wildman–Crippen MR) is 75.6 cm³/mol. The summed E-state index contributed by atoms with van der Waals surface area (Å²) in [6.45, 7) is 3.68. The summed E-state index contributed by atoms with van der Waals surface area (Å²) >= 11 is 0. The summed E-state index contributed by atoms with van der Waals surface area (Å²) in [4.78, 5) is 14.4. The number of carbonyl (C=O) groups excluding carboxylic acids is 1. The smallest absolute Gasteiger partial charge is 0.257 e. The summed E-state index contributed by atoms with van der Waals surface area (Å²) in [5, 5.41) is 0. The minimum Gasteiger partial charge on any atom is -0.374 e. The number of ether oxygens (including phenoxy) is 2. The number of likely N-dealkylation sites (tertiary alicyclic amines) is 1. The number of nitrogens with zero attached hydrogens (tertiary/aromatic N) is 1. The van der Waals surface area contributed by atoms with Crippen molar-refractivity contribution in [1.82, 2.24) is 4.90 Å². The van der Waals surface area contributed by atoms with Gasteiger partial charge in [-0.15, -0.1) is 0 Å². The van der Waals surface area contributed by atoms with E-state index < -0.39 is 5.82 Å². The number of halogens is 1. The predicted octanol–water partition coefficient (Wildman–Crippen LogP) is 2.23. The first kappa shape index (κ1) is 14.5. The van der Waals surface area contributed by atoms with E-state index in [2.05, 4.69) is 0 Å². The molecule has 0 saturated carbocycles. The SMILES string of the molecule is CCO[C@H]1CN(C(=O)c2ccccc2F)[C@@H]2CCCO[C@H]12. The van der Waals surface area contributed by atoms with Gasteiger partial charge in [0.05, 0.1) is 18.2 Å². The largest absolute Gasteiger partial charge is 0.374 e. The van der Waals surface area contributed by atoms with Gasteiger partial charge in [0.25, 0.3) is 5.91 Å². The van der Waals surface area contributed by atoms with Gasteiger partial charge >= 0.3 is 0 Å². The van der Waals surface area contributed by atoms with Crippen molar-refractivity contribution in [3.05, 3.63) is 35.6 Å². The Kier molecular flexibility index (Phi) is 4.22. The van der Waals surface area contributed by atoms with Crippen LogP contribution in [0, 0.1) is 5.82 Å². The molecule has 0 unspecified atom stereocenters. The molecular formula is C16H20FNO3. The molecule has 114 valence electrons. The van der Waals surface area contributed by atoms with E-state index in [1.165, 1.54) is 12.1 Å². The Labute approximate surface area is 123 Å². The van der Waals surface area contributed by atoms with E-state index >= 15 is 0 Å². The Morgan fingerprint density at radius 3 is 3.05 bits per heavy atom. The number of fused-ring (bicyclic) bond motifs is 1. The lowest BCUT2D eigenvalue weighted by Crippen LogP contribution is -2.44. The van der Waals surface area contributed by atoms with E-state index in [4.69, 9.17) is 9.47 Å². The summed E-state index contributed by atoms with van der Waals surface area (Å²) in [5.41, 5.74) is 0.124. The molecule has 0 aromatic heterocycles. The van der Waals surface area contributed by atoms with Crippen LogP contribution in [0.3, 0.4) is 0 Å². The van der Waals surface area contributed by atoms with Gasteiger partial charge in [0.2, 0.25) is 0 Å². The van der Waals surface area contributed by atoms with Crippen molar-refractivity contribution in [3.8, 4) is 0 Å². The fraction of sp³-hybridized carbons (Fsp3) is 0.562. The summed E-state index contributed by atoms with van der Waals surface area (Å²) in [5.74, 6) is -0.744. The van der Waals surface area contributed by atoms with Gasteiger partial charge in [-0.05, 0) is 31.9 Å². The minimum absolute atomic E-state index is 0.0117. The summed E-state index contributed by atoms with van der Waals surface area (Å²) < 4.78 is 25.4. The van der Waals surface area contributed by atoms with E-state index in [9.17, 15) is 9.18 Å². The van der Waals surface area contributed by atoms with Gasteiger partial charge in [-0.1, -0.05) is 12.1 Å². The topological polar surface area (TPSA) is 38.8 Å². The fourth-order valence-electron chi connectivity index (χ4n) is 3.29. The molecule has 1 amide bonds. The summed E-state index contributed by atoms with van der Waals surface area (Å²) in [6, 6.07) is 6.11. The van der Waals surface area contributed by atoms with Crippen LogP contribution in [0.5, 0.6) is 0 Å². The quantitative estimate of drug-likeness (QED) is 0.858. The Morgan fingerprint density at radius 1 is 1.48 bits per heavy atom. The molecule has 3 atom stereocenters. The van der Waals surface area contributed by atoms with Crippen molar-refractivity contribution < 1.29 is 18.7 Å². The van der Waals surface area contributed by atoms with Crippen LogP contribution in [-0.4, -0.2) is 48.8 Å². The van der Waals surface area contributed by atoms with E-state index in [1.807, 2.05) is 6.92 Å². The van der Waals surface area contributed by atoms with E-state index in [-0.39, 0.29) is 29.7 Å². The van der Waals surface area contributed by atoms with Gasteiger partial charge in [0, 0.05) is 13.2 Å². The first-order chi connectivity index (χ1) is 10.2. The highest BCUT2D eigenvalue weighted by Crippen LogP contribution is 2.32. The van der Waals surface area contributed by atoms with Gasteiger partial charge < -0.3 is 14.4 Å². The number of benzene rings is 1. The van der Waals surface area contributed by atoms with Crippen molar-refractivity contribution in [2.45, 2.75) is 38.0 Å². The standard InChI is InChI=1S/C16H20FNO3/c1-2-20-14-10-18(13-8-5-9-21-15(13)14)16(19)11-6-3-4-7-12(11)17/h3-4,6-7,13-15H,2,5,8-10H2,1H3/t13-,14+,15+/m1/s1. The second-order valence-electron chi connectivity index (χ2n) is 5.48. The lowest BCUT2D eigenvalue weighted by molar-refractivity contribution is -0.0737. The van der Waals surface area contributed by atoms with Crippen LogP contribution in [0.25, 0.3) is 0 Å². The first-order valence-electron chi connectivity index (χ1n) is 7.51. The highest BCUT2D eigenvalue weighted by molar-refractivity contribution is 5.95. The first-order valence-corrected chi connectivity index (χ1v) is 7.51. The molecule has 0 radical (unpaired) electrons. The van der Waals surface area contributed by atoms with Crippen molar-refractivity contribution in [1.29, 1.82) is 0 Å². The van der Waals surface area contributed by atoms with Gasteiger partial charge in [-0.25, -0.2) is 4.39 Å². The molecule has 21 heavy (non-hydrogen) atoms. The third-order valence-corrected chi connectivity index (χ3v) is 4.22. The second kappa shape index (κ2) is 6.12. The van der Waals surface area contributed by atoms with Crippen LogP contribution < -0.4 is 0 Å². The van der Waals surface area contributed by atoms with E-state index in [0.29, 0.717) is 19.8 Å². The molecule has 0 N–H and O–H groups in total. The molecule has 5 heteroatoms. The molecular weight excluding hydrogens is 273 g/mol. The Morgan fingerprint density at radius 2 is 2.29 bits per heavy atom. The van der Waals surface area contributed by atoms with Crippen LogP contribution >= 0.6 is 0 Å². The highest BCUT2D eigenvalue weighted by Gasteiger charge is 2.46. The molecule has 4 nitrogen and oxygen atoms in total. The van der Waals surface area contributed by atoms with Gasteiger partial charge in [0.15, 0.2) is 0 Å². The Bertz CT molecular complexity index is 522. The van der Waals surface area contributed by atoms with Gasteiger partial charge in [0.1, 0.15) is 18.0 Å². The molecule has 2 saturated heterocycles. The molecule has 1 aromatic rings. The normalized spacial score (nSPS) is 28.5. The molecule has 0 bridgehead atoms. The van der Waals surface area contributed by atoms with Crippen molar-refractivity contribution in [2.24, 2.45) is 0 Å². The zero-order valence-corrected chi connectivity index (χ0v) is 12.1. The number of hydrogen-bond donors (Lipinski definition) is 0. The molecule has 1 aromatic carbocycles. The summed E-state index contributed by atoms with van der Waals surface area (Å²) in [7, 11) is 0. The third-order valence-electron chi connectivity index (χ3n) is 4.22. The number of rotatable bonds is 3. The zero-order chi connectivity index (χ0) is 14.8. The maximum atomic E-state index is 13.9. The van der Waals surface area contributed by atoms with Crippen LogP contribution in [0.15, 0.2) is 24.3 Å². The minimum atomic E-state index is -0.476.